The zero-order valence-electron chi connectivity index (χ0n) is 8.66. The molecule has 2 rings (SSSR count). The molecule has 2 aromatic heterocycles. The molecular formula is C9H7ClN4O3. The Balaban J connectivity index is 2.37. The number of rotatable bonds is 3. The van der Waals surface area contributed by atoms with Gasteiger partial charge in [-0.1, -0.05) is 11.6 Å². The topological polar surface area (TPSA) is 90.1 Å². The number of carboxylic acid groups (broad SMARTS) is 1. The summed E-state index contributed by atoms with van der Waals surface area (Å²) in [6.45, 7) is 0. The minimum Gasteiger partial charge on any atom is -0.477 e. The summed E-state index contributed by atoms with van der Waals surface area (Å²) in [6, 6.07) is 2.67. The van der Waals surface area contributed by atoms with Crippen LogP contribution in [-0.4, -0.2) is 30.8 Å². The zero-order valence-corrected chi connectivity index (χ0v) is 9.42. The van der Waals surface area contributed by atoms with Crippen LogP contribution in [0.5, 0.6) is 11.9 Å². The maximum absolute atomic E-state index is 10.9. The Kier molecular flexibility index (Phi) is 2.92. The second kappa shape index (κ2) is 4.38. The third-order valence-corrected chi connectivity index (χ3v) is 2.03. The summed E-state index contributed by atoms with van der Waals surface area (Å²) in [7, 11) is 1.66. The van der Waals surface area contributed by atoms with E-state index in [1.54, 1.807) is 7.05 Å². The maximum atomic E-state index is 10.9. The fourth-order valence-corrected chi connectivity index (χ4v) is 1.25. The van der Waals surface area contributed by atoms with E-state index in [-0.39, 0.29) is 22.6 Å². The first kappa shape index (κ1) is 11.3. The van der Waals surface area contributed by atoms with Crippen LogP contribution < -0.4 is 4.74 Å². The Morgan fingerprint density at radius 1 is 1.53 bits per heavy atom. The summed E-state index contributed by atoms with van der Waals surface area (Å²) < 4.78 is 6.57. The highest BCUT2D eigenvalue weighted by molar-refractivity contribution is 6.29. The molecule has 0 spiro atoms. The van der Waals surface area contributed by atoms with E-state index < -0.39 is 5.97 Å². The first-order chi connectivity index (χ1) is 8.06. The molecule has 1 N–H and O–H groups in total. The van der Waals surface area contributed by atoms with E-state index in [1.807, 2.05) is 0 Å². The summed E-state index contributed by atoms with van der Waals surface area (Å²) in [5, 5.41) is 12.9. The largest absolute Gasteiger partial charge is 0.477 e. The van der Waals surface area contributed by atoms with Crippen molar-refractivity contribution in [2.45, 2.75) is 0 Å². The number of hydrogen-bond donors (Lipinski definition) is 1. The molecule has 0 saturated carbocycles. The lowest BCUT2D eigenvalue weighted by atomic mass is 10.3. The fourth-order valence-electron chi connectivity index (χ4n) is 1.11. The smallest absolute Gasteiger partial charge is 0.342 e. The van der Waals surface area contributed by atoms with Crippen molar-refractivity contribution in [3.05, 3.63) is 29.2 Å². The second-order valence-corrected chi connectivity index (χ2v) is 3.48. The molecule has 0 aliphatic rings. The number of carboxylic acids is 1. The van der Waals surface area contributed by atoms with Crippen LogP contribution in [0.25, 0.3) is 0 Å². The molecule has 8 heteroatoms. The molecule has 0 aromatic carbocycles. The summed E-state index contributed by atoms with van der Waals surface area (Å²) in [6.07, 6.45) is 1.42. The van der Waals surface area contributed by atoms with Gasteiger partial charge < -0.3 is 9.84 Å². The number of aryl methyl sites for hydroxylation is 1. The number of halogens is 1. The third-order valence-electron chi connectivity index (χ3n) is 1.82. The van der Waals surface area contributed by atoms with E-state index in [4.69, 9.17) is 21.4 Å². The van der Waals surface area contributed by atoms with Crippen LogP contribution in [0.3, 0.4) is 0 Å². The van der Waals surface area contributed by atoms with Crippen LogP contribution in [-0.2, 0) is 7.05 Å². The first-order valence-electron chi connectivity index (χ1n) is 4.49. The van der Waals surface area contributed by atoms with Crippen LogP contribution in [0.15, 0.2) is 18.5 Å². The standard InChI is InChI=1S/C9H7ClN4O3/c1-14-4-11-9(13-14)17-7-5(8(15)16)2-3-6(10)12-7/h2-4H,1H3,(H,15,16). The van der Waals surface area contributed by atoms with E-state index in [0.29, 0.717) is 0 Å². The number of nitrogens with zero attached hydrogens (tertiary/aromatic N) is 4. The molecule has 2 aromatic rings. The van der Waals surface area contributed by atoms with Crippen molar-refractivity contribution in [2.24, 2.45) is 7.05 Å². The summed E-state index contributed by atoms with van der Waals surface area (Å²) >= 11 is 5.66. The molecule has 0 bridgehead atoms. The summed E-state index contributed by atoms with van der Waals surface area (Å²) in [5.41, 5.74) is -0.109. The van der Waals surface area contributed by atoms with Gasteiger partial charge in [0, 0.05) is 7.05 Å². The average molecular weight is 255 g/mol. The number of aromatic nitrogens is 4. The van der Waals surface area contributed by atoms with E-state index in [9.17, 15) is 4.79 Å². The lowest BCUT2D eigenvalue weighted by Crippen LogP contribution is -2.02. The van der Waals surface area contributed by atoms with Crippen molar-refractivity contribution >= 4 is 17.6 Å². The second-order valence-electron chi connectivity index (χ2n) is 3.09. The van der Waals surface area contributed by atoms with Crippen LogP contribution in [0.1, 0.15) is 10.4 Å². The van der Waals surface area contributed by atoms with E-state index in [0.717, 1.165) is 0 Å². The number of hydrogen-bond acceptors (Lipinski definition) is 5. The average Bonchev–Trinajstić information content (AvgIpc) is 2.63. The van der Waals surface area contributed by atoms with Gasteiger partial charge in [-0.25, -0.2) is 9.78 Å². The van der Waals surface area contributed by atoms with Crippen LogP contribution >= 0.6 is 11.6 Å². The Bertz CT molecular complexity index is 569. The lowest BCUT2D eigenvalue weighted by molar-refractivity contribution is 0.0693. The van der Waals surface area contributed by atoms with Crippen molar-refractivity contribution < 1.29 is 14.6 Å². The minimum atomic E-state index is -1.17. The molecule has 0 radical (unpaired) electrons. The molecule has 0 amide bonds. The van der Waals surface area contributed by atoms with Gasteiger partial charge in [-0.3, -0.25) is 4.68 Å². The summed E-state index contributed by atoms with van der Waals surface area (Å²) in [5.74, 6) is -1.31. The Morgan fingerprint density at radius 3 is 2.88 bits per heavy atom. The van der Waals surface area contributed by atoms with Crippen LogP contribution in [0.2, 0.25) is 5.15 Å². The first-order valence-corrected chi connectivity index (χ1v) is 4.87. The Morgan fingerprint density at radius 2 is 2.29 bits per heavy atom. The quantitative estimate of drug-likeness (QED) is 0.832. The molecule has 0 saturated heterocycles. The van der Waals surface area contributed by atoms with Gasteiger partial charge in [-0.05, 0) is 12.1 Å². The molecule has 17 heavy (non-hydrogen) atoms. The molecular weight excluding hydrogens is 248 g/mol. The molecule has 2 heterocycles. The van der Waals surface area contributed by atoms with Gasteiger partial charge in [0.25, 0.3) is 0 Å². The highest BCUT2D eigenvalue weighted by atomic mass is 35.5. The van der Waals surface area contributed by atoms with Gasteiger partial charge in [0.1, 0.15) is 17.0 Å². The SMILES string of the molecule is Cn1cnc(Oc2nc(Cl)ccc2C(=O)O)n1. The predicted octanol–water partition coefficient (Wildman–Crippen LogP) is 1.35. The number of aromatic carboxylic acids is 1. The third kappa shape index (κ3) is 2.51. The summed E-state index contributed by atoms with van der Waals surface area (Å²) in [4.78, 5) is 18.5. The molecule has 88 valence electrons. The number of pyridine rings is 1. The molecule has 0 unspecified atom stereocenters. The molecule has 0 aliphatic carbocycles. The van der Waals surface area contributed by atoms with Crippen molar-refractivity contribution in [3.8, 4) is 11.9 Å². The highest BCUT2D eigenvalue weighted by Gasteiger charge is 2.15. The van der Waals surface area contributed by atoms with Crippen LogP contribution in [0.4, 0.5) is 0 Å². The predicted molar refractivity (Wildman–Crippen MR) is 57.3 cm³/mol. The van der Waals surface area contributed by atoms with Gasteiger partial charge in [0.2, 0.25) is 5.88 Å². The van der Waals surface area contributed by atoms with Gasteiger partial charge >= 0.3 is 12.0 Å². The maximum Gasteiger partial charge on any atom is 0.342 e. The van der Waals surface area contributed by atoms with Crippen molar-refractivity contribution in [1.29, 1.82) is 0 Å². The van der Waals surface area contributed by atoms with Crippen molar-refractivity contribution in [2.75, 3.05) is 0 Å². The lowest BCUT2D eigenvalue weighted by Gasteiger charge is -2.03. The molecule has 0 aliphatic heterocycles. The molecule has 0 atom stereocenters. The monoisotopic (exact) mass is 254 g/mol. The van der Waals surface area contributed by atoms with Gasteiger partial charge in [-0.15, -0.1) is 5.10 Å². The highest BCUT2D eigenvalue weighted by Crippen LogP contribution is 2.22. The van der Waals surface area contributed by atoms with Crippen molar-refractivity contribution in [1.82, 2.24) is 19.7 Å². The van der Waals surface area contributed by atoms with Gasteiger partial charge in [-0.2, -0.15) is 4.98 Å². The van der Waals surface area contributed by atoms with E-state index in [1.165, 1.54) is 23.1 Å². The van der Waals surface area contributed by atoms with Crippen LogP contribution in [0, 0.1) is 0 Å². The van der Waals surface area contributed by atoms with Crippen molar-refractivity contribution in [3.63, 3.8) is 0 Å². The zero-order chi connectivity index (χ0) is 12.4. The Labute approximate surface area is 101 Å². The normalized spacial score (nSPS) is 10.2. The fraction of sp³-hybridized carbons (Fsp3) is 0.111. The van der Waals surface area contributed by atoms with Gasteiger partial charge in [0.05, 0.1) is 0 Å². The number of carbonyl (C=O) groups is 1. The molecule has 0 fully saturated rings. The van der Waals surface area contributed by atoms with E-state index in [2.05, 4.69) is 15.1 Å². The number of ether oxygens (including phenoxy) is 1. The van der Waals surface area contributed by atoms with Gasteiger partial charge in [0.15, 0.2) is 0 Å². The minimum absolute atomic E-state index is 0.00441. The Hall–Kier alpha value is -2.15. The molecule has 7 nitrogen and oxygen atoms in total. The van der Waals surface area contributed by atoms with E-state index >= 15 is 0 Å².